The fourth-order valence-corrected chi connectivity index (χ4v) is 1.75. The molecule has 2 N–H and O–H groups in total. The maximum Gasteiger partial charge on any atom is 0.329 e. The predicted molar refractivity (Wildman–Crippen MR) is 58.3 cm³/mol. The Bertz CT molecular complexity index is 415. The highest BCUT2D eigenvalue weighted by Crippen LogP contribution is 2.24. The molecule has 1 aliphatic heterocycles. The van der Waals surface area contributed by atoms with Crippen molar-refractivity contribution in [3.8, 4) is 0 Å². The Morgan fingerprint density at radius 3 is 2.94 bits per heavy atom. The predicted octanol–water partition coefficient (Wildman–Crippen LogP) is 0.851. The van der Waals surface area contributed by atoms with Crippen molar-refractivity contribution < 1.29 is 24.5 Å². The summed E-state index contributed by atoms with van der Waals surface area (Å²) >= 11 is 0. The maximum absolute atomic E-state index is 10.2. The topological polar surface area (TPSA) is 76.0 Å². The second kappa shape index (κ2) is 5.27. The monoisotopic (exact) mass is 238 g/mol. The van der Waals surface area contributed by atoms with Gasteiger partial charge in [0.2, 0.25) is 0 Å². The molecule has 1 unspecified atom stereocenters. The maximum atomic E-state index is 10.2. The molecular formula is C12H14O5. The first-order valence-electron chi connectivity index (χ1n) is 5.34. The summed E-state index contributed by atoms with van der Waals surface area (Å²) in [6.45, 7) is 0.754. The number of rotatable bonds is 5. The van der Waals surface area contributed by atoms with E-state index in [0.29, 0.717) is 13.2 Å². The number of fused-ring (bicyclic) bond motifs is 1. The van der Waals surface area contributed by atoms with Gasteiger partial charge < -0.3 is 19.7 Å². The van der Waals surface area contributed by atoms with Gasteiger partial charge in [-0.05, 0) is 16.7 Å². The molecule has 0 aromatic heterocycles. The first-order valence-corrected chi connectivity index (χ1v) is 5.34. The van der Waals surface area contributed by atoms with E-state index in [9.17, 15) is 9.90 Å². The van der Waals surface area contributed by atoms with Crippen LogP contribution in [0.25, 0.3) is 0 Å². The van der Waals surface area contributed by atoms with Crippen molar-refractivity contribution in [3.63, 3.8) is 0 Å². The molecule has 1 aromatic rings. The van der Waals surface area contributed by atoms with Crippen LogP contribution in [-0.2, 0) is 27.5 Å². The van der Waals surface area contributed by atoms with Crippen molar-refractivity contribution in [1.29, 1.82) is 0 Å². The number of aliphatic carboxylic acids is 1. The van der Waals surface area contributed by atoms with Crippen LogP contribution < -0.4 is 0 Å². The molecule has 0 aliphatic carbocycles. The molecule has 0 spiro atoms. The summed E-state index contributed by atoms with van der Waals surface area (Å²) in [6.07, 6.45) is -0.805. The van der Waals surface area contributed by atoms with Gasteiger partial charge in [-0.15, -0.1) is 0 Å². The van der Waals surface area contributed by atoms with E-state index < -0.39 is 18.7 Å². The minimum absolute atomic E-state index is 0.0219. The van der Waals surface area contributed by atoms with Crippen LogP contribution in [0.1, 0.15) is 22.8 Å². The average molecular weight is 238 g/mol. The summed E-state index contributed by atoms with van der Waals surface area (Å²) < 4.78 is 10.1. The SMILES string of the molecule is O=C(O)COCC(O)c1ccc2c(c1)COC2. The highest BCUT2D eigenvalue weighted by Gasteiger charge is 2.15. The molecule has 2 rings (SSSR count). The standard InChI is InChI=1S/C12H14O5/c13-11(6-17-7-12(14)15)8-1-2-9-4-16-5-10(9)3-8/h1-3,11,13H,4-7H2,(H,14,15). The molecule has 17 heavy (non-hydrogen) atoms. The van der Waals surface area contributed by atoms with Crippen molar-refractivity contribution in [2.45, 2.75) is 19.3 Å². The number of hydrogen-bond donors (Lipinski definition) is 2. The van der Waals surface area contributed by atoms with Gasteiger partial charge in [0.1, 0.15) is 12.7 Å². The van der Waals surface area contributed by atoms with Crippen LogP contribution in [0.3, 0.4) is 0 Å². The number of carboxylic acid groups (broad SMARTS) is 1. The Labute approximate surface area is 98.6 Å². The van der Waals surface area contributed by atoms with Crippen LogP contribution >= 0.6 is 0 Å². The molecule has 0 saturated carbocycles. The number of benzene rings is 1. The van der Waals surface area contributed by atoms with Crippen LogP contribution in [-0.4, -0.2) is 29.4 Å². The molecule has 1 atom stereocenters. The molecule has 1 heterocycles. The molecule has 5 nitrogen and oxygen atoms in total. The summed E-state index contributed by atoms with van der Waals surface area (Å²) in [7, 11) is 0. The lowest BCUT2D eigenvalue weighted by Gasteiger charge is -2.11. The highest BCUT2D eigenvalue weighted by molar-refractivity contribution is 5.67. The van der Waals surface area contributed by atoms with Gasteiger partial charge in [0.15, 0.2) is 0 Å². The van der Waals surface area contributed by atoms with E-state index in [2.05, 4.69) is 0 Å². The third-order valence-corrected chi connectivity index (χ3v) is 2.63. The lowest BCUT2D eigenvalue weighted by molar-refractivity contribution is -0.143. The van der Waals surface area contributed by atoms with Crippen LogP contribution in [0.5, 0.6) is 0 Å². The minimum atomic E-state index is -1.04. The van der Waals surface area contributed by atoms with Gasteiger partial charge in [0.25, 0.3) is 0 Å². The highest BCUT2D eigenvalue weighted by atomic mass is 16.5. The normalized spacial score (nSPS) is 15.6. The van der Waals surface area contributed by atoms with Gasteiger partial charge in [-0.1, -0.05) is 18.2 Å². The second-order valence-electron chi connectivity index (χ2n) is 3.95. The van der Waals surface area contributed by atoms with Crippen LogP contribution in [0, 0.1) is 0 Å². The smallest absolute Gasteiger partial charge is 0.329 e. The van der Waals surface area contributed by atoms with Crippen molar-refractivity contribution in [3.05, 3.63) is 34.9 Å². The molecule has 0 saturated heterocycles. The zero-order valence-electron chi connectivity index (χ0n) is 9.26. The van der Waals surface area contributed by atoms with Crippen molar-refractivity contribution in [2.75, 3.05) is 13.2 Å². The zero-order chi connectivity index (χ0) is 12.3. The number of hydrogen-bond acceptors (Lipinski definition) is 4. The number of aliphatic hydroxyl groups is 1. The number of carbonyl (C=O) groups is 1. The third kappa shape index (κ3) is 3.03. The van der Waals surface area contributed by atoms with E-state index in [1.165, 1.54) is 0 Å². The van der Waals surface area contributed by atoms with Crippen LogP contribution in [0.15, 0.2) is 18.2 Å². The van der Waals surface area contributed by atoms with Crippen molar-refractivity contribution in [2.24, 2.45) is 0 Å². The molecular weight excluding hydrogens is 224 g/mol. The van der Waals surface area contributed by atoms with Gasteiger partial charge in [-0.25, -0.2) is 4.79 Å². The minimum Gasteiger partial charge on any atom is -0.480 e. The summed E-state index contributed by atoms with van der Waals surface area (Å²) in [5, 5.41) is 18.2. The van der Waals surface area contributed by atoms with Gasteiger partial charge >= 0.3 is 5.97 Å². The summed E-state index contributed by atoms with van der Waals surface area (Å²) in [4.78, 5) is 10.2. The van der Waals surface area contributed by atoms with E-state index in [1.54, 1.807) is 0 Å². The largest absolute Gasteiger partial charge is 0.480 e. The fraction of sp³-hybridized carbons (Fsp3) is 0.417. The van der Waals surface area contributed by atoms with Gasteiger partial charge in [0, 0.05) is 0 Å². The molecule has 1 aromatic carbocycles. The van der Waals surface area contributed by atoms with Crippen molar-refractivity contribution >= 4 is 5.97 Å². The van der Waals surface area contributed by atoms with E-state index in [-0.39, 0.29) is 6.61 Å². The summed E-state index contributed by atoms with van der Waals surface area (Å²) in [5.41, 5.74) is 2.92. The number of ether oxygens (including phenoxy) is 2. The van der Waals surface area contributed by atoms with E-state index in [0.717, 1.165) is 16.7 Å². The number of carboxylic acids is 1. The van der Waals surface area contributed by atoms with Gasteiger partial charge in [-0.3, -0.25) is 0 Å². The Morgan fingerprint density at radius 2 is 2.18 bits per heavy atom. The molecule has 0 bridgehead atoms. The van der Waals surface area contributed by atoms with Crippen LogP contribution in [0.2, 0.25) is 0 Å². The number of aliphatic hydroxyl groups excluding tert-OH is 1. The van der Waals surface area contributed by atoms with E-state index in [1.807, 2.05) is 18.2 Å². The Hall–Kier alpha value is -1.43. The average Bonchev–Trinajstić information content (AvgIpc) is 2.75. The van der Waals surface area contributed by atoms with Gasteiger partial charge in [-0.2, -0.15) is 0 Å². The first kappa shape index (κ1) is 12.0. The van der Waals surface area contributed by atoms with E-state index >= 15 is 0 Å². The molecule has 5 heteroatoms. The van der Waals surface area contributed by atoms with Crippen LogP contribution in [0.4, 0.5) is 0 Å². The second-order valence-corrected chi connectivity index (χ2v) is 3.95. The molecule has 1 aliphatic rings. The Kier molecular flexibility index (Phi) is 3.73. The molecule has 92 valence electrons. The molecule has 0 radical (unpaired) electrons. The zero-order valence-corrected chi connectivity index (χ0v) is 9.26. The fourth-order valence-electron chi connectivity index (χ4n) is 1.75. The third-order valence-electron chi connectivity index (χ3n) is 2.63. The lowest BCUT2D eigenvalue weighted by atomic mass is 10.0. The first-order chi connectivity index (χ1) is 8.16. The molecule has 0 fully saturated rings. The van der Waals surface area contributed by atoms with Crippen molar-refractivity contribution in [1.82, 2.24) is 0 Å². The summed E-state index contributed by atoms with van der Waals surface area (Å²) in [6, 6.07) is 5.59. The van der Waals surface area contributed by atoms with Gasteiger partial charge in [0.05, 0.1) is 19.8 Å². The quantitative estimate of drug-likeness (QED) is 0.795. The summed E-state index contributed by atoms with van der Waals surface area (Å²) in [5.74, 6) is -1.04. The lowest BCUT2D eigenvalue weighted by Crippen LogP contribution is -2.13. The molecule has 0 amide bonds. The Morgan fingerprint density at radius 1 is 1.41 bits per heavy atom. The Balaban J connectivity index is 1.95. The van der Waals surface area contributed by atoms with E-state index in [4.69, 9.17) is 14.6 Å².